The Balaban J connectivity index is 1.73. The normalized spacial score (nSPS) is 33.5. The summed E-state index contributed by atoms with van der Waals surface area (Å²) in [6.07, 6.45) is -1.81. The molecule has 5 N–H and O–H groups in total. The van der Waals surface area contributed by atoms with Crippen molar-refractivity contribution in [2.75, 3.05) is 26.4 Å². The molecule has 0 aromatic rings. The summed E-state index contributed by atoms with van der Waals surface area (Å²) in [5.41, 5.74) is 0. The second kappa shape index (κ2) is 13.2. The van der Waals surface area contributed by atoms with Crippen LogP contribution in [0.25, 0.3) is 0 Å². The van der Waals surface area contributed by atoms with Gasteiger partial charge in [0.15, 0.2) is 6.29 Å². The van der Waals surface area contributed by atoms with Crippen LogP contribution in [0.3, 0.4) is 0 Å². The molecule has 0 aliphatic carbocycles. The summed E-state index contributed by atoms with van der Waals surface area (Å²) in [4.78, 5) is 25.5. The number of aliphatic hydroxyl groups excluding tert-OH is 4. The number of ether oxygens (including phenoxy) is 2. The van der Waals surface area contributed by atoms with Gasteiger partial charge in [-0.1, -0.05) is 6.42 Å². The monoisotopic (exact) mass is 560 g/mol. The smallest absolute Gasteiger partial charge is 0.222 e. The molecule has 0 radical (unpaired) electrons. The molecule has 2 aliphatic heterocycles. The SMILES string of the molecule is CC(=O)NC1C(OCCCCCC(=O)N2C[C@H](OI)C[C@H]2CO)OC(CO)C(O)C1O. The first-order valence-electron chi connectivity index (χ1n) is 10.5. The molecule has 2 fully saturated rings. The van der Waals surface area contributed by atoms with E-state index < -0.39 is 43.2 Å². The van der Waals surface area contributed by atoms with Crippen molar-refractivity contribution in [1.29, 1.82) is 0 Å². The third-order valence-corrected chi connectivity index (χ3v) is 6.32. The van der Waals surface area contributed by atoms with E-state index in [-0.39, 0.29) is 31.3 Å². The van der Waals surface area contributed by atoms with Gasteiger partial charge in [-0.15, -0.1) is 0 Å². The Labute approximate surface area is 195 Å². The molecule has 180 valence electrons. The predicted octanol–water partition coefficient (Wildman–Crippen LogP) is -1.16. The number of aliphatic hydroxyl groups is 4. The van der Waals surface area contributed by atoms with Gasteiger partial charge in [0.2, 0.25) is 11.8 Å². The first-order chi connectivity index (χ1) is 14.8. The highest BCUT2D eigenvalue weighted by molar-refractivity contribution is 14.1. The molecular formula is C19H33IN2O9. The van der Waals surface area contributed by atoms with Gasteiger partial charge in [-0.05, 0) is 19.3 Å². The summed E-state index contributed by atoms with van der Waals surface area (Å²) in [5, 5.41) is 41.5. The van der Waals surface area contributed by atoms with Crippen LogP contribution in [0.4, 0.5) is 0 Å². The lowest BCUT2D eigenvalue weighted by molar-refractivity contribution is -0.270. The van der Waals surface area contributed by atoms with E-state index in [1.54, 1.807) is 4.90 Å². The Kier molecular flexibility index (Phi) is 11.3. The molecule has 0 saturated carbocycles. The lowest BCUT2D eigenvalue weighted by Gasteiger charge is -2.42. The van der Waals surface area contributed by atoms with Gasteiger partial charge in [0.05, 0.1) is 25.4 Å². The first kappa shape index (κ1) is 26.6. The van der Waals surface area contributed by atoms with Gasteiger partial charge in [-0.3, -0.25) is 9.59 Å². The standard InChI is InChI=1S/C19H33IN2O9/c1-11(25)21-16-18(28)17(27)14(10-24)30-19(16)29-6-4-2-3-5-15(26)22-8-13(31-20)7-12(22)9-23/h12-14,16-19,23-24,27-28H,2-10H2,1H3,(H,21,25)/t12-,13+,14?,16?,17?,18?,19?/m0/s1. The van der Waals surface area contributed by atoms with Crippen LogP contribution < -0.4 is 5.32 Å². The minimum Gasteiger partial charge on any atom is -0.394 e. The number of carbonyl (C=O) groups excluding carboxylic acids is 2. The van der Waals surface area contributed by atoms with E-state index >= 15 is 0 Å². The highest BCUT2D eigenvalue weighted by Crippen LogP contribution is 2.24. The van der Waals surface area contributed by atoms with Crippen molar-refractivity contribution in [3.05, 3.63) is 0 Å². The highest BCUT2D eigenvalue weighted by atomic mass is 127. The van der Waals surface area contributed by atoms with E-state index in [4.69, 9.17) is 12.5 Å². The number of hydrogen-bond donors (Lipinski definition) is 5. The van der Waals surface area contributed by atoms with Gasteiger partial charge in [-0.2, -0.15) is 0 Å². The number of hydrogen-bond acceptors (Lipinski definition) is 9. The fourth-order valence-corrected chi connectivity index (χ4v) is 4.30. The molecule has 0 aromatic carbocycles. The second-order valence-electron chi connectivity index (χ2n) is 7.94. The van der Waals surface area contributed by atoms with Crippen LogP contribution in [0.5, 0.6) is 0 Å². The number of likely N-dealkylation sites (tertiary alicyclic amines) is 1. The molecule has 2 saturated heterocycles. The molecule has 2 heterocycles. The molecule has 7 atom stereocenters. The average molecular weight is 560 g/mol. The minimum absolute atomic E-state index is 0.0137. The minimum atomic E-state index is -1.35. The van der Waals surface area contributed by atoms with Crippen LogP contribution in [-0.2, 0) is 22.1 Å². The van der Waals surface area contributed by atoms with Gasteiger partial charge in [0.1, 0.15) is 47.4 Å². The van der Waals surface area contributed by atoms with Gasteiger partial charge in [-0.25, -0.2) is 0 Å². The van der Waals surface area contributed by atoms with Crippen molar-refractivity contribution in [3.63, 3.8) is 0 Å². The summed E-state index contributed by atoms with van der Waals surface area (Å²) < 4.78 is 16.4. The molecule has 12 heteroatoms. The molecule has 11 nitrogen and oxygen atoms in total. The number of rotatable bonds is 11. The Morgan fingerprint density at radius 2 is 1.90 bits per heavy atom. The summed E-state index contributed by atoms with van der Waals surface area (Å²) >= 11 is 1.81. The van der Waals surface area contributed by atoms with Crippen molar-refractivity contribution >= 4 is 34.8 Å². The maximum Gasteiger partial charge on any atom is 0.222 e. The molecule has 2 aliphatic rings. The number of carbonyl (C=O) groups is 2. The summed E-state index contributed by atoms with van der Waals surface area (Å²) in [6, 6.07) is -1.17. The van der Waals surface area contributed by atoms with Crippen LogP contribution in [0, 0.1) is 0 Å². The molecule has 0 aromatic heterocycles. The van der Waals surface area contributed by atoms with Crippen LogP contribution in [0.15, 0.2) is 0 Å². The van der Waals surface area contributed by atoms with E-state index in [1.165, 1.54) is 6.92 Å². The topological polar surface area (TPSA) is 158 Å². The fraction of sp³-hybridized carbons (Fsp3) is 0.895. The first-order valence-corrected chi connectivity index (χ1v) is 11.4. The molecular weight excluding hydrogens is 527 g/mol. The molecule has 5 unspecified atom stereocenters. The van der Waals surface area contributed by atoms with Gasteiger partial charge in [0, 0.05) is 26.5 Å². The maximum absolute atomic E-state index is 12.4. The predicted molar refractivity (Wildman–Crippen MR) is 116 cm³/mol. The van der Waals surface area contributed by atoms with Crippen molar-refractivity contribution in [1.82, 2.24) is 10.2 Å². The summed E-state index contributed by atoms with van der Waals surface area (Å²) in [7, 11) is 0. The molecule has 2 amide bonds. The third kappa shape index (κ3) is 7.45. The van der Waals surface area contributed by atoms with Crippen LogP contribution in [0.2, 0.25) is 0 Å². The zero-order valence-corrected chi connectivity index (χ0v) is 19.7. The van der Waals surface area contributed by atoms with E-state index in [9.17, 15) is 30.0 Å². The lowest BCUT2D eigenvalue weighted by Crippen LogP contribution is -2.64. The molecule has 0 spiro atoms. The zero-order valence-electron chi connectivity index (χ0n) is 17.6. The number of amides is 2. The number of unbranched alkanes of at least 4 members (excludes halogenated alkanes) is 2. The number of halogens is 1. The lowest BCUT2D eigenvalue weighted by atomic mass is 9.97. The molecule has 2 rings (SSSR count). The van der Waals surface area contributed by atoms with E-state index in [1.807, 2.05) is 23.0 Å². The Hall–Kier alpha value is -0.610. The molecule has 0 bridgehead atoms. The maximum atomic E-state index is 12.4. The van der Waals surface area contributed by atoms with Crippen molar-refractivity contribution in [2.45, 2.75) is 81.8 Å². The quantitative estimate of drug-likeness (QED) is 0.155. The third-order valence-electron chi connectivity index (χ3n) is 5.60. The van der Waals surface area contributed by atoms with E-state index in [0.29, 0.717) is 38.6 Å². The Bertz CT molecular complexity index is 585. The second-order valence-corrected chi connectivity index (χ2v) is 8.45. The van der Waals surface area contributed by atoms with Crippen molar-refractivity contribution < 1.29 is 42.6 Å². The van der Waals surface area contributed by atoms with Crippen LogP contribution >= 0.6 is 23.0 Å². The average Bonchev–Trinajstić information content (AvgIpc) is 3.18. The fourth-order valence-electron chi connectivity index (χ4n) is 3.93. The van der Waals surface area contributed by atoms with Crippen molar-refractivity contribution in [3.8, 4) is 0 Å². The van der Waals surface area contributed by atoms with Gasteiger partial charge in [0.25, 0.3) is 0 Å². The van der Waals surface area contributed by atoms with Gasteiger partial charge >= 0.3 is 0 Å². The Morgan fingerprint density at radius 3 is 2.52 bits per heavy atom. The van der Waals surface area contributed by atoms with Crippen LogP contribution in [-0.4, -0.2) is 106 Å². The highest BCUT2D eigenvalue weighted by Gasteiger charge is 2.45. The summed E-state index contributed by atoms with van der Waals surface area (Å²) in [5.74, 6) is -0.423. The van der Waals surface area contributed by atoms with Crippen LogP contribution in [0.1, 0.15) is 39.0 Å². The zero-order chi connectivity index (χ0) is 23.0. The van der Waals surface area contributed by atoms with Gasteiger partial charge < -0.3 is 43.2 Å². The summed E-state index contributed by atoms with van der Waals surface area (Å²) in [6.45, 7) is 1.44. The van der Waals surface area contributed by atoms with E-state index in [0.717, 1.165) is 0 Å². The number of nitrogens with zero attached hydrogens (tertiary/aromatic N) is 1. The number of nitrogens with one attached hydrogen (secondary N) is 1. The molecule has 31 heavy (non-hydrogen) atoms. The van der Waals surface area contributed by atoms with E-state index in [2.05, 4.69) is 5.32 Å². The Morgan fingerprint density at radius 1 is 1.16 bits per heavy atom. The largest absolute Gasteiger partial charge is 0.394 e. The van der Waals surface area contributed by atoms with Crippen molar-refractivity contribution in [2.24, 2.45) is 0 Å².